The lowest BCUT2D eigenvalue weighted by Gasteiger charge is -2.35. The van der Waals surface area contributed by atoms with E-state index in [-0.39, 0.29) is 5.91 Å². The van der Waals surface area contributed by atoms with Crippen molar-refractivity contribution in [3.8, 4) is 22.9 Å². The van der Waals surface area contributed by atoms with Crippen molar-refractivity contribution in [2.24, 2.45) is 0 Å². The van der Waals surface area contributed by atoms with E-state index >= 15 is 0 Å². The Balaban J connectivity index is 1.21. The van der Waals surface area contributed by atoms with Gasteiger partial charge in [-0.2, -0.15) is 0 Å². The first-order chi connectivity index (χ1) is 17.1. The fourth-order valence-corrected chi connectivity index (χ4v) is 4.70. The van der Waals surface area contributed by atoms with Crippen LogP contribution in [0.3, 0.4) is 0 Å². The molecule has 1 atom stereocenters. The maximum Gasteiger partial charge on any atom is 0.251 e. The van der Waals surface area contributed by atoms with Crippen molar-refractivity contribution in [3.63, 3.8) is 0 Å². The number of amides is 1. The van der Waals surface area contributed by atoms with Crippen LogP contribution in [0, 0.1) is 6.92 Å². The number of rotatable bonds is 7. The minimum absolute atomic E-state index is 0.0708. The Kier molecular flexibility index (Phi) is 6.73. The monoisotopic (exact) mass is 466 g/mol. The second-order valence-corrected chi connectivity index (χ2v) is 9.07. The summed E-state index contributed by atoms with van der Waals surface area (Å²) >= 11 is 0. The number of nitrogens with zero attached hydrogens (tertiary/aromatic N) is 3. The lowest BCUT2D eigenvalue weighted by molar-refractivity contribution is 0.0926. The Morgan fingerprint density at radius 1 is 0.971 bits per heavy atom. The minimum atomic E-state index is -0.0708. The molecule has 1 unspecified atom stereocenters. The van der Waals surface area contributed by atoms with Crippen molar-refractivity contribution < 1.29 is 9.21 Å². The normalized spacial score (nSPS) is 14.3. The van der Waals surface area contributed by atoms with E-state index in [0.29, 0.717) is 29.9 Å². The number of hydrogen-bond donors (Lipinski definition) is 1. The van der Waals surface area contributed by atoms with E-state index in [4.69, 9.17) is 4.42 Å². The molecule has 5 rings (SSSR count). The third-order valence-corrected chi connectivity index (χ3v) is 6.84. The highest BCUT2D eigenvalue weighted by molar-refractivity contribution is 5.94. The number of carbonyl (C=O) groups is 1. The number of benzene rings is 3. The Hall–Kier alpha value is -3.77. The Morgan fingerprint density at radius 2 is 1.69 bits per heavy atom. The molecule has 0 radical (unpaired) electrons. The van der Waals surface area contributed by atoms with Crippen LogP contribution in [0.25, 0.3) is 22.9 Å². The van der Waals surface area contributed by atoms with E-state index in [0.717, 1.165) is 42.6 Å². The molecule has 0 bridgehead atoms. The molecule has 0 saturated heterocycles. The second-order valence-electron chi connectivity index (χ2n) is 9.07. The van der Waals surface area contributed by atoms with Crippen molar-refractivity contribution in [1.82, 2.24) is 20.4 Å². The van der Waals surface area contributed by atoms with Gasteiger partial charge in [-0.25, -0.2) is 0 Å². The third kappa shape index (κ3) is 5.03. The zero-order valence-corrected chi connectivity index (χ0v) is 20.2. The van der Waals surface area contributed by atoms with Gasteiger partial charge < -0.3 is 9.73 Å². The predicted octanol–water partition coefficient (Wildman–Crippen LogP) is 5.28. The SMILES string of the molecule is CCC(CNC(=O)c1ccc(-c2nnc(-c3ccccc3C)o2)cc1)N1CCc2ccccc2C1. The molecular weight excluding hydrogens is 436 g/mol. The molecule has 6 nitrogen and oxygen atoms in total. The van der Waals surface area contributed by atoms with Crippen LogP contribution in [-0.2, 0) is 13.0 Å². The van der Waals surface area contributed by atoms with E-state index in [2.05, 4.69) is 51.6 Å². The van der Waals surface area contributed by atoms with Gasteiger partial charge in [-0.15, -0.1) is 10.2 Å². The zero-order valence-electron chi connectivity index (χ0n) is 20.2. The van der Waals surface area contributed by atoms with Crippen molar-refractivity contribution in [3.05, 3.63) is 95.1 Å². The first kappa shape index (κ1) is 23.0. The van der Waals surface area contributed by atoms with Crippen LogP contribution in [0.1, 0.15) is 40.4 Å². The first-order valence-electron chi connectivity index (χ1n) is 12.2. The molecule has 1 N–H and O–H groups in total. The molecule has 6 heteroatoms. The molecule has 0 spiro atoms. The van der Waals surface area contributed by atoms with E-state index < -0.39 is 0 Å². The van der Waals surface area contributed by atoms with Gasteiger partial charge in [0, 0.05) is 42.4 Å². The second kappa shape index (κ2) is 10.2. The van der Waals surface area contributed by atoms with Gasteiger partial charge in [0.15, 0.2) is 0 Å². The molecule has 2 heterocycles. The van der Waals surface area contributed by atoms with E-state index in [9.17, 15) is 4.79 Å². The Labute approximate surface area is 206 Å². The molecule has 35 heavy (non-hydrogen) atoms. The van der Waals surface area contributed by atoms with Gasteiger partial charge in [-0.05, 0) is 66.8 Å². The fraction of sp³-hybridized carbons (Fsp3) is 0.276. The van der Waals surface area contributed by atoms with Gasteiger partial charge in [-0.3, -0.25) is 9.69 Å². The molecule has 0 fully saturated rings. The van der Waals surface area contributed by atoms with Crippen LogP contribution in [0.5, 0.6) is 0 Å². The minimum Gasteiger partial charge on any atom is -0.416 e. The number of carbonyl (C=O) groups excluding carboxylic acids is 1. The van der Waals surface area contributed by atoms with Crippen molar-refractivity contribution >= 4 is 5.91 Å². The standard InChI is InChI=1S/C29H30N4O2/c1-3-25(33-17-16-21-9-5-6-10-24(21)19-33)18-30-27(34)22-12-14-23(15-13-22)28-31-32-29(35-28)26-11-7-4-8-20(26)2/h4-15,25H,3,16-19H2,1-2H3,(H,30,34). The quantitative estimate of drug-likeness (QED) is 0.401. The molecule has 1 aliphatic heterocycles. The summed E-state index contributed by atoms with van der Waals surface area (Å²) in [4.78, 5) is 15.3. The summed E-state index contributed by atoms with van der Waals surface area (Å²) in [6, 6.07) is 24.2. The number of hydrogen-bond acceptors (Lipinski definition) is 5. The number of nitrogens with one attached hydrogen (secondary N) is 1. The highest BCUT2D eigenvalue weighted by Gasteiger charge is 2.23. The summed E-state index contributed by atoms with van der Waals surface area (Å²) in [6.45, 7) is 6.78. The van der Waals surface area contributed by atoms with Gasteiger partial charge in [-0.1, -0.05) is 49.4 Å². The van der Waals surface area contributed by atoms with Crippen LogP contribution in [0.2, 0.25) is 0 Å². The first-order valence-corrected chi connectivity index (χ1v) is 12.2. The summed E-state index contributed by atoms with van der Waals surface area (Å²) in [5, 5.41) is 11.5. The highest BCUT2D eigenvalue weighted by atomic mass is 16.4. The summed E-state index contributed by atoms with van der Waals surface area (Å²) < 4.78 is 5.89. The van der Waals surface area contributed by atoms with E-state index in [1.54, 1.807) is 12.1 Å². The Morgan fingerprint density at radius 3 is 2.46 bits per heavy atom. The molecule has 0 saturated carbocycles. The molecular formula is C29H30N4O2. The van der Waals surface area contributed by atoms with Crippen LogP contribution < -0.4 is 5.32 Å². The molecule has 4 aromatic rings. The van der Waals surface area contributed by atoms with Crippen LogP contribution >= 0.6 is 0 Å². The summed E-state index contributed by atoms with van der Waals surface area (Å²) in [5.41, 5.74) is 6.23. The van der Waals surface area contributed by atoms with E-state index in [1.807, 2.05) is 43.3 Å². The highest BCUT2D eigenvalue weighted by Crippen LogP contribution is 2.26. The summed E-state index contributed by atoms with van der Waals surface area (Å²) in [5.74, 6) is 0.857. The zero-order chi connectivity index (χ0) is 24.2. The van der Waals surface area contributed by atoms with Gasteiger partial charge in [0.05, 0.1) is 0 Å². The van der Waals surface area contributed by atoms with Crippen molar-refractivity contribution in [1.29, 1.82) is 0 Å². The third-order valence-electron chi connectivity index (χ3n) is 6.84. The van der Waals surface area contributed by atoms with Gasteiger partial charge >= 0.3 is 0 Å². The van der Waals surface area contributed by atoms with Crippen LogP contribution in [0.15, 0.2) is 77.2 Å². The smallest absolute Gasteiger partial charge is 0.251 e. The maximum absolute atomic E-state index is 12.8. The topological polar surface area (TPSA) is 71.3 Å². The van der Waals surface area contributed by atoms with E-state index in [1.165, 1.54) is 11.1 Å². The summed E-state index contributed by atoms with van der Waals surface area (Å²) in [6.07, 6.45) is 2.05. The van der Waals surface area contributed by atoms with Crippen molar-refractivity contribution in [2.45, 2.75) is 39.3 Å². The molecule has 1 aromatic heterocycles. The van der Waals surface area contributed by atoms with Crippen molar-refractivity contribution in [2.75, 3.05) is 13.1 Å². The molecule has 3 aromatic carbocycles. The van der Waals surface area contributed by atoms with Crippen LogP contribution in [-0.4, -0.2) is 40.1 Å². The molecule has 1 amide bonds. The number of fused-ring (bicyclic) bond motifs is 1. The number of aromatic nitrogens is 2. The molecule has 178 valence electrons. The lowest BCUT2D eigenvalue weighted by Crippen LogP contribution is -2.45. The average molecular weight is 467 g/mol. The largest absolute Gasteiger partial charge is 0.416 e. The number of aryl methyl sites for hydroxylation is 1. The molecule has 1 aliphatic rings. The Bertz CT molecular complexity index is 1310. The predicted molar refractivity (Wildman–Crippen MR) is 137 cm³/mol. The maximum atomic E-state index is 12.8. The van der Waals surface area contributed by atoms with Gasteiger partial charge in [0.25, 0.3) is 5.91 Å². The van der Waals surface area contributed by atoms with Crippen LogP contribution in [0.4, 0.5) is 0 Å². The summed E-state index contributed by atoms with van der Waals surface area (Å²) in [7, 11) is 0. The van der Waals surface area contributed by atoms with Gasteiger partial charge in [0.2, 0.25) is 11.8 Å². The lowest BCUT2D eigenvalue weighted by atomic mass is 9.98. The molecule has 0 aliphatic carbocycles. The average Bonchev–Trinajstić information content (AvgIpc) is 3.39. The van der Waals surface area contributed by atoms with Gasteiger partial charge in [0.1, 0.15) is 0 Å². The fourth-order valence-electron chi connectivity index (χ4n) is 4.70.